The van der Waals surface area contributed by atoms with Crippen LogP contribution in [0.3, 0.4) is 0 Å². The maximum Gasteiger partial charge on any atom is 0.258 e. The third-order valence-corrected chi connectivity index (χ3v) is 4.63. The number of aldehydes is 1. The fourth-order valence-corrected chi connectivity index (χ4v) is 2.96. The zero-order valence-corrected chi connectivity index (χ0v) is 17.1. The summed E-state index contributed by atoms with van der Waals surface area (Å²) in [6.07, 6.45) is 0.728. The molecule has 1 heterocycles. The van der Waals surface area contributed by atoms with E-state index in [9.17, 15) is 29.1 Å². The van der Waals surface area contributed by atoms with Crippen LogP contribution in [0.15, 0.2) is 18.2 Å². The summed E-state index contributed by atoms with van der Waals surface area (Å²) in [5.74, 6) is -2.19. The molecule has 1 fully saturated rings. The summed E-state index contributed by atoms with van der Waals surface area (Å²) in [5.41, 5.74) is -0.905. The van der Waals surface area contributed by atoms with E-state index in [1.165, 1.54) is 25.2 Å². The first-order valence-corrected chi connectivity index (χ1v) is 9.33. The van der Waals surface area contributed by atoms with E-state index in [4.69, 9.17) is 4.74 Å². The lowest BCUT2D eigenvalue weighted by molar-refractivity contribution is -0.136. The van der Waals surface area contributed by atoms with Crippen LogP contribution in [0.4, 0.5) is 0 Å². The molecule has 1 aliphatic heterocycles. The van der Waals surface area contributed by atoms with Gasteiger partial charge in [0.15, 0.2) is 12.9 Å². The van der Waals surface area contributed by atoms with Crippen molar-refractivity contribution in [1.29, 1.82) is 0 Å². The number of imide groups is 1. The number of carbonyl (C=O) groups excluding carboxylic acids is 5. The summed E-state index contributed by atoms with van der Waals surface area (Å²) in [7, 11) is 1.39. The van der Waals surface area contributed by atoms with Gasteiger partial charge in [-0.2, -0.15) is 0 Å². The molecular formula is C20H25N3O7. The fourth-order valence-electron chi connectivity index (χ4n) is 2.96. The number of amides is 4. The third kappa shape index (κ3) is 5.41. The summed E-state index contributed by atoms with van der Waals surface area (Å²) in [4.78, 5) is 61.3. The van der Waals surface area contributed by atoms with Crippen LogP contribution >= 0.6 is 0 Å². The molecule has 30 heavy (non-hydrogen) atoms. The molecule has 1 atom stereocenters. The molecule has 10 nitrogen and oxygen atoms in total. The average molecular weight is 419 g/mol. The van der Waals surface area contributed by atoms with Gasteiger partial charge in [0, 0.05) is 19.0 Å². The van der Waals surface area contributed by atoms with Crippen LogP contribution in [0, 0.1) is 0 Å². The molecule has 1 aromatic rings. The van der Waals surface area contributed by atoms with Crippen molar-refractivity contribution in [2.45, 2.75) is 38.3 Å². The Hall–Kier alpha value is -3.27. The van der Waals surface area contributed by atoms with Crippen molar-refractivity contribution in [1.82, 2.24) is 15.5 Å². The molecule has 1 unspecified atom stereocenters. The Kier molecular flexibility index (Phi) is 7.28. The lowest BCUT2D eigenvalue weighted by atomic mass is 10.0. The number of rotatable bonds is 8. The Morgan fingerprint density at radius 1 is 1.37 bits per heavy atom. The summed E-state index contributed by atoms with van der Waals surface area (Å²) < 4.78 is 5.48. The number of aliphatic hydroxyl groups is 1. The predicted molar refractivity (Wildman–Crippen MR) is 105 cm³/mol. The normalized spacial score (nSPS) is 16.5. The van der Waals surface area contributed by atoms with Gasteiger partial charge in [-0.25, -0.2) is 0 Å². The van der Waals surface area contributed by atoms with Crippen molar-refractivity contribution >= 4 is 29.9 Å². The highest BCUT2D eigenvalue weighted by Gasteiger charge is 2.34. The van der Waals surface area contributed by atoms with Crippen LogP contribution < -0.4 is 15.4 Å². The van der Waals surface area contributed by atoms with E-state index in [2.05, 4.69) is 10.6 Å². The molecule has 3 N–H and O–H groups in total. The molecule has 0 aromatic heterocycles. The van der Waals surface area contributed by atoms with Gasteiger partial charge in [0.25, 0.3) is 11.8 Å². The quantitative estimate of drug-likeness (QED) is 0.386. The second-order valence-electron chi connectivity index (χ2n) is 7.60. The number of hydrogen-bond donors (Lipinski definition) is 3. The number of nitrogens with one attached hydrogen (secondary N) is 2. The number of piperidine rings is 1. The van der Waals surface area contributed by atoms with E-state index in [0.29, 0.717) is 6.29 Å². The first-order chi connectivity index (χ1) is 14.1. The van der Waals surface area contributed by atoms with Crippen molar-refractivity contribution in [3.05, 3.63) is 29.3 Å². The molecule has 0 aliphatic carbocycles. The Bertz CT molecular complexity index is 866. The van der Waals surface area contributed by atoms with Gasteiger partial charge in [-0.3, -0.25) is 29.3 Å². The maximum absolute atomic E-state index is 13.1. The molecule has 0 radical (unpaired) electrons. The SMILES string of the molecule is CN(C(=O)c1c(C=O)cccc1OCC(=O)NC(C)(C)CO)C1CCC(=O)NC1=O. The van der Waals surface area contributed by atoms with Crippen molar-refractivity contribution in [3.63, 3.8) is 0 Å². The molecule has 162 valence electrons. The molecule has 1 aromatic carbocycles. The highest BCUT2D eigenvalue weighted by atomic mass is 16.5. The molecule has 1 saturated heterocycles. The van der Waals surface area contributed by atoms with Crippen molar-refractivity contribution in [3.8, 4) is 5.75 Å². The molecule has 10 heteroatoms. The van der Waals surface area contributed by atoms with Gasteiger partial charge in [-0.1, -0.05) is 12.1 Å². The number of aliphatic hydroxyl groups excluding tert-OH is 1. The zero-order chi connectivity index (χ0) is 22.5. The summed E-state index contributed by atoms with van der Waals surface area (Å²) in [5, 5.41) is 14.0. The first kappa shape index (κ1) is 23.0. The highest BCUT2D eigenvalue weighted by molar-refractivity contribution is 6.07. The second-order valence-corrected chi connectivity index (χ2v) is 7.60. The van der Waals surface area contributed by atoms with Gasteiger partial charge in [0.2, 0.25) is 11.8 Å². The minimum atomic E-state index is -0.878. The number of benzene rings is 1. The molecule has 0 bridgehead atoms. The Morgan fingerprint density at radius 3 is 2.67 bits per heavy atom. The second kappa shape index (κ2) is 9.49. The number of carbonyl (C=O) groups is 5. The van der Waals surface area contributed by atoms with Gasteiger partial charge in [0.05, 0.1) is 17.7 Å². The van der Waals surface area contributed by atoms with Crippen molar-refractivity contribution in [2.24, 2.45) is 0 Å². The van der Waals surface area contributed by atoms with Crippen LogP contribution in [-0.4, -0.2) is 71.8 Å². The fraction of sp³-hybridized carbons (Fsp3) is 0.450. The minimum absolute atomic E-state index is 0.000647. The first-order valence-electron chi connectivity index (χ1n) is 9.33. The number of hydrogen-bond acceptors (Lipinski definition) is 7. The van der Waals surface area contributed by atoms with Crippen LogP contribution in [0.2, 0.25) is 0 Å². The topological polar surface area (TPSA) is 142 Å². The lowest BCUT2D eigenvalue weighted by Gasteiger charge is -2.30. The van der Waals surface area contributed by atoms with Crippen LogP contribution in [0.25, 0.3) is 0 Å². The van der Waals surface area contributed by atoms with Gasteiger partial charge >= 0.3 is 0 Å². The predicted octanol–water partition coefficient (Wildman–Crippen LogP) is -0.358. The van der Waals surface area contributed by atoms with Gasteiger partial charge < -0.3 is 20.1 Å². The molecule has 1 aliphatic rings. The van der Waals surface area contributed by atoms with Crippen LogP contribution in [0.1, 0.15) is 47.4 Å². The van der Waals surface area contributed by atoms with Crippen LogP contribution in [0.5, 0.6) is 5.75 Å². The third-order valence-electron chi connectivity index (χ3n) is 4.63. The molecular weight excluding hydrogens is 394 g/mol. The van der Waals surface area contributed by atoms with E-state index in [1.807, 2.05) is 0 Å². The largest absolute Gasteiger partial charge is 0.483 e. The highest BCUT2D eigenvalue weighted by Crippen LogP contribution is 2.25. The zero-order valence-electron chi connectivity index (χ0n) is 17.1. The van der Waals surface area contributed by atoms with E-state index in [-0.39, 0.29) is 36.3 Å². The molecule has 0 saturated carbocycles. The van der Waals surface area contributed by atoms with Crippen molar-refractivity contribution < 1.29 is 33.8 Å². The van der Waals surface area contributed by atoms with Gasteiger partial charge in [0.1, 0.15) is 11.8 Å². The summed E-state index contributed by atoms with van der Waals surface area (Å²) in [6.45, 7) is 2.53. The molecule has 4 amide bonds. The van der Waals surface area contributed by atoms with Crippen molar-refractivity contribution in [2.75, 3.05) is 20.3 Å². The van der Waals surface area contributed by atoms with Gasteiger partial charge in [-0.15, -0.1) is 0 Å². The summed E-state index contributed by atoms with van der Waals surface area (Å²) in [6, 6.07) is 3.47. The smallest absolute Gasteiger partial charge is 0.258 e. The van der Waals surface area contributed by atoms with E-state index < -0.39 is 41.8 Å². The Balaban J connectivity index is 2.23. The van der Waals surface area contributed by atoms with Gasteiger partial charge in [-0.05, 0) is 26.3 Å². The average Bonchev–Trinajstić information content (AvgIpc) is 2.70. The number of ether oxygens (including phenoxy) is 1. The number of likely N-dealkylation sites (N-methyl/N-ethyl adjacent to an activating group) is 1. The maximum atomic E-state index is 13.1. The monoisotopic (exact) mass is 419 g/mol. The summed E-state index contributed by atoms with van der Waals surface area (Å²) >= 11 is 0. The van der Waals surface area contributed by atoms with E-state index >= 15 is 0 Å². The molecule has 0 spiro atoms. The Labute approximate surface area is 173 Å². The number of nitrogens with zero attached hydrogens (tertiary/aromatic N) is 1. The Morgan fingerprint density at radius 2 is 2.07 bits per heavy atom. The van der Waals surface area contributed by atoms with Crippen LogP contribution in [-0.2, 0) is 14.4 Å². The standard InChI is InChI=1S/C20H25N3O7/c1-20(2,11-25)22-16(27)10-30-14-6-4-5-12(9-24)17(14)19(29)23(3)13-7-8-15(26)21-18(13)28/h4-6,9,13,25H,7-8,10-11H2,1-3H3,(H,22,27)(H,21,26,28). The minimum Gasteiger partial charge on any atom is -0.483 e. The lowest BCUT2D eigenvalue weighted by Crippen LogP contribution is -2.53. The van der Waals surface area contributed by atoms with E-state index in [0.717, 1.165) is 4.90 Å². The van der Waals surface area contributed by atoms with E-state index in [1.54, 1.807) is 13.8 Å². The molecule has 2 rings (SSSR count).